The monoisotopic (exact) mass is 484 g/mol. The van der Waals surface area contributed by atoms with Gasteiger partial charge in [-0.2, -0.15) is 0 Å². The Balaban J connectivity index is 2.12. The fraction of sp³-hybridized carbons (Fsp3) is 0.300. The van der Waals surface area contributed by atoms with Gasteiger partial charge in [-0.25, -0.2) is 18.4 Å². The first-order valence-corrected chi connectivity index (χ1v) is 9.42. The van der Waals surface area contributed by atoms with Gasteiger partial charge >= 0.3 is 11.9 Å². The molecule has 14 heteroatoms. The molecule has 0 saturated heterocycles. The Morgan fingerprint density at radius 2 is 1.32 bits per heavy atom. The number of esters is 2. The van der Waals surface area contributed by atoms with Gasteiger partial charge < -0.3 is 18.9 Å². The van der Waals surface area contributed by atoms with Crippen molar-refractivity contribution in [2.24, 2.45) is 0 Å². The number of benzene rings is 2. The zero-order valence-corrected chi connectivity index (χ0v) is 18.0. The number of halogens is 2. The molecule has 0 aliphatic carbocycles. The standard InChI is InChI=1S/C20H18F2N2O10/c1-10(34-18-9-16(24(29)30)12(7-14(18)22)20(26)32-3)4-5-33-17-8-15(23(27)28)11(6-13(17)21)19(25)31-2/h6-10H,4-5H2,1-3H3. The van der Waals surface area contributed by atoms with Gasteiger partial charge in [-0.15, -0.1) is 0 Å². The Labute approximate surface area is 190 Å². The SMILES string of the molecule is COC(=O)c1cc(F)c(OCCC(C)Oc2cc([N+](=O)[O-])c(C(=O)OC)cc2F)cc1[N+](=O)[O-]. The number of methoxy groups -OCH3 is 2. The summed E-state index contributed by atoms with van der Waals surface area (Å²) in [5.74, 6) is -5.35. The molecule has 0 saturated carbocycles. The molecule has 0 N–H and O–H groups in total. The number of nitro benzene ring substituents is 2. The molecule has 182 valence electrons. The Hall–Kier alpha value is -4.36. The number of ether oxygens (including phenoxy) is 4. The molecule has 0 radical (unpaired) electrons. The van der Waals surface area contributed by atoms with E-state index < -0.39 is 73.5 Å². The highest BCUT2D eigenvalue weighted by molar-refractivity contribution is 5.94. The van der Waals surface area contributed by atoms with E-state index >= 15 is 0 Å². The topological polar surface area (TPSA) is 157 Å². The minimum Gasteiger partial charge on any atom is -0.490 e. The second kappa shape index (κ2) is 11.0. The minimum atomic E-state index is -1.10. The quantitative estimate of drug-likeness (QED) is 0.277. The number of nitro groups is 2. The third-order valence-corrected chi connectivity index (χ3v) is 4.41. The van der Waals surface area contributed by atoms with Crippen LogP contribution in [0.5, 0.6) is 11.5 Å². The predicted octanol–water partition coefficient (Wildman–Crippen LogP) is 3.59. The molecule has 1 atom stereocenters. The number of nitrogens with zero attached hydrogens (tertiary/aromatic N) is 2. The van der Waals surface area contributed by atoms with E-state index in [4.69, 9.17) is 9.47 Å². The van der Waals surface area contributed by atoms with Crippen molar-refractivity contribution in [3.05, 3.63) is 67.3 Å². The normalized spacial score (nSPS) is 11.3. The molecular weight excluding hydrogens is 466 g/mol. The van der Waals surface area contributed by atoms with Crippen LogP contribution >= 0.6 is 0 Å². The lowest BCUT2D eigenvalue weighted by atomic mass is 10.1. The first kappa shape index (κ1) is 25.9. The summed E-state index contributed by atoms with van der Waals surface area (Å²) in [5, 5.41) is 22.4. The van der Waals surface area contributed by atoms with Crippen molar-refractivity contribution in [2.45, 2.75) is 19.4 Å². The van der Waals surface area contributed by atoms with Gasteiger partial charge in [-0.3, -0.25) is 20.2 Å². The summed E-state index contributed by atoms with van der Waals surface area (Å²) < 4.78 is 47.8. The summed E-state index contributed by atoms with van der Waals surface area (Å²) >= 11 is 0. The lowest BCUT2D eigenvalue weighted by Crippen LogP contribution is -2.17. The van der Waals surface area contributed by atoms with Gasteiger partial charge in [0.15, 0.2) is 23.1 Å². The van der Waals surface area contributed by atoms with Crippen LogP contribution < -0.4 is 9.47 Å². The summed E-state index contributed by atoms with van der Waals surface area (Å²) in [6.45, 7) is 1.21. The highest BCUT2D eigenvalue weighted by atomic mass is 19.1. The second-order valence-electron chi connectivity index (χ2n) is 6.66. The molecule has 0 aromatic heterocycles. The van der Waals surface area contributed by atoms with Crippen LogP contribution in [0.3, 0.4) is 0 Å². The first-order chi connectivity index (χ1) is 16.0. The maximum Gasteiger partial charge on any atom is 0.345 e. The molecule has 0 bridgehead atoms. The van der Waals surface area contributed by atoms with Crippen molar-refractivity contribution in [3.63, 3.8) is 0 Å². The number of carbonyl (C=O) groups is 2. The average Bonchev–Trinajstić information content (AvgIpc) is 2.79. The Bertz CT molecular complexity index is 1140. The molecule has 2 rings (SSSR count). The van der Waals surface area contributed by atoms with Gasteiger partial charge in [0.1, 0.15) is 11.1 Å². The summed E-state index contributed by atoms with van der Waals surface area (Å²) in [7, 11) is 1.97. The number of hydrogen-bond donors (Lipinski definition) is 0. The molecule has 34 heavy (non-hydrogen) atoms. The zero-order chi connectivity index (χ0) is 25.6. The maximum absolute atomic E-state index is 14.3. The van der Waals surface area contributed by atoms with Gasteiger partial charge in [0.05, 0.1) is 48.9 Å². The van der Waals surface area contributed by atoms with E-state index in [1.54, 1.807) is 0 Å². The summed E-state index contributed by atoms with van der Waals surface area (Å²) in [5.41, 5.74) is -2.65. The van der Waals surface area contributed by atoms with E-state index in [2.05, 4.69) is 9.47 Å². The van der Waals surface area contributed by atoms with Crippen molar-refractivity contribution >= 4 is 23.3 Å². The third kappa shape index (κ3) is 5.90. The average molecular weight is 484 g/mol. The van der Waals surface area contributed by atoms with Crippen LogP contribution in [-0.2, 0) is 9.47 Å². The fourth-order valence-electron chi connectivity index (χ4n) is 2.75. The largest absolute Gasteiger partial charge is 0.490 e. The smallest absolute Gasteiger partial charge is 0.345 e. The van der Waals surface area contributed by atoms with Crippen molar-refractivity contribution in [1.29, 1.82) is 0 Å². The highest BCUT2D eigenvalue weighted by Crippen LogP contribution is 2.31. The predicted molar refractivity (Wildman–Crippen MR) is 109 cm³/mol. The molecule has 0 spiro atoms. The van der Waals surface area contributed by atoms with E-state index in [1.165, 1.54) is 6.92 Å². The minimum absolute atomic E-state index is 0.00200. The van der Waals surface area contributed by atoms with Gasteiger partial charge in [0.25, 0.3) is 11.4 Å². The zero-order valence-electron chi connectivity index (χ0n) is 18.0. The molecule has 0 fully saturated rings. The molecule has 1 unspecified atom stereocenters. The van der Waals surface area contributed by atoms with Crippen LogP contribution in [-0.4, -0.2) is 48.7 Å². The summed E-state index contributed by atoms with van der Waals surface area (Å²) in [6, 6.07) is 2.67. The second-order valence-corrected chi connectivity index (χ2v) is 6.66. The van der Waals surface area contributed by atoms with Crippen LogP contribution in [0.1, 0.15) is 34.1 Å². The Morgan fingerprint density at radius 1 is 0.882 bits per heavy atom. The van der Waals surface area contributed by atoms with Crippen LogP contribution in [0.15, 0.2) is 24.3 Å². The number of carbonyl (C=O) groups excluding carboxylic acids is 2. The van der Waals surface area contributed by atoms with Crippen molar-refractivity contribution in [2.75, 3.05) is 20.8 Å². The molecule has 2 aromatic carbocycles. The molecule has 0 amide bonds. The van der Waals surface area contributed by atoms with E-state index in [1.807, 2.05) is 0 Å². The van der Waals surface area contributed by atoms with Gasteiger partial charge in [-0.1, -0.05) is 0 Å². The number of hydrogen-bond acceptors (Lipinski definition) is 10. The van der Waals surface area contributed by atoms with E-state index in [0.717, 1.165) is 26.4 Å². The first-order valence-electron chi connectivity index (χ1n) is 9.42. The highest BCUT2D eigenvalue weighted by Gasteiger charge is 2.27. The Kier molecular flexibility index (Phi) is 8.36. The third-order valence-electron chi connectivity index (χ3n) is 4.41. The van der Waals surface area contributed by atoms with Crippen molar-refractivity contribution < 1.29 is 47.2 Å². The van der Waals surface area contributed by atoms with E-state index in [9.17, 15) is 38.6 Å². The van der Waals surface area contributed by atoms with Crippen LogP contribution in [0.4, 0.5) is 20.2 Å². The fourth-order valence-corrected chi connectivity index (χ4v) is 2.75. The molecule has 0 heterocycles. The summed E-state index contributed by atoms with van der Waals surface area (Å²) in [6.07, 6.45) is -0.816. The van der Waals surface area contributed by atoms with Crippen molar-refractivity contribution in [3.8, 4) is 11.5 Å². The number of rotatable bonds is 10. The van der Waals surface area contributed by atoms with Gasteiger partial charge in [0, 0.05) is 6.42 Å². The maximum atomic E-state index is 14.3. The van der Waals surface area contributed by atoms with Gasteiger partial charge in [0.2, 0.25) is 0 Å². The molecule has 0 aliphatic heterocycles. The Morgan fingerprint density at radius 3 is 1.76 bits per heavy atom. The van der Waals surface area contributed by atoms with Crippen LogP contribution in [0.2, 0.25) is 0 Å². The van der Waals surface area contributed by atoms with Crippen molar-refractivity contribution in [1.82, 2.24) is 0 Å². The molecular formula is C20H18F2N2O10. The molecule has 12 nitrogen and oxygen atoms in total. The van der Waals surface area contributed by atoms with E-state index in [-0.39, 0.29) is 13.0 Å². The lowest BCUT2D eigenvalue weighted by molar-refractivity contribution is -0.385. The van der Waals surface area contributed by atoms with Crippen LogP contribution in [0.25, 0.3) is 0 Å². The molecule has 2 aromatic rings. The summed E-state index contributed by atoms with van der Waals surface area (Å²) in [4.78, 5) is 43.8. The molecule has 0 aliphatic rings. The van der Waals surface area contributed by atoms with Gasteiger partial charge in [-0.05, 0) is 19.1 Å². The lowest BCUT2D eigenvalue weighted by Gasteiger charge is -2.16. The van der Waals surface area contributed by atoms with Crippen LogP contribution in [0, 0.1) is 31.9 Å². The van der Waals surface area contributed by atoms with E-state index in [0.29, 0.717) is 12.1 Å².